The van der Waals surface area contributed by atoms with Crippen LogP contribution in [0.15, 0.2) is 96.9 Å². The first kappa shape index (κ1) is 12.9. The Bertz CT molecular complexity index is 1760. The Kier molecular flexibility index (Phi) is 2.93. The van der Waals surface area contributed by atoms with Gasteiger partial charge in [0.1, 0.15) is 5.01 Å². The van der Waals surface area contributed by atoms with Gasteiger partial charge >= 0.3 is 0 Å². The lowest BCUT2D eigenvalue weighted by Crippen LogP contribution is -1.91. The van der Waals surface area contributed by atoms with Gasteiger partial charge in [0.05, 0.1) is 17.1 Å². The molecule has 0 radical (unpaired) electrons. The summed E-state index contributed by atoms with van der Waals surface area (Å²) >= 11 is 1.63. The molecule has 0 atom stereocenters. The fraction of sp³-hybridized carbons (Fsp3) is 0.0357. The van der Waals surface area contributed by atoms with Gasteiger partial charge in [-0.05, 0) is 51.7 Å². The summed E-state index contributed by atoms with van der Waals surface area (Å²) in [7, 11) is 0. The largest absolute Gasteiger partial charge is 0.236 e. The van der Waals surface area contributed by atoms with Crippen molar-refractivity contribution >= 4 is 43.1 Å². The van der Waals surface area contributed by atoms with Gasteiger partial charge in [-0.1, -0.05) is 90.4 Å². The predicted octanol–water partition coefficient (Wildman–Crippen LogP) is 8.25. The molecular weight excluding hydrogens is 382 g/mol. The minimum atomic E-state index is -0.389. The number of hydrogen-bond acceptors (Lipinski definition) is 2. The van der Waals surface area contributed by atoms with Crippen molar-refractivity contribution in [3.8, 4) is 21.7 Å². The zero-order valence-corrected chi connectivity index (χ0v) is 17.0. The Hall–Kier alpha value is -3.49. The predicted molar refractivity (Wildman–Crippen MR) is 130 cm³/mol. The van der Waals surface area contributed by atoms with Gasteiger partial charge in [0.2, 0.25) is 0 Å². The standard InChI is InChI=1S/C28H19NS/c1-18-15-16-22-23(17-18)26(19-9-3-2-4-10-19)20-11-5-6-12-21(20)27(22)28-29-24-13-7-8-14-25(24)30-28/h2-17H,1H3/i2D,3D,4D,9D,10D. The van der Waals surface area contributed by atoms with E-state index in [1.54, 1.807) is 11.3 Å². The minimum absolute atomic E-state index is 0.198. The SMILES string of the molecule is [2H]c1c([2H])c([2H])c(-c2c3ccccc3c(-c3nc4ccccc4s3)c3ccc(C)cc23)c([2H])c1[2H]. The van der Waals surface area contributed by atoms with Crippen molar-refractivity contribution in [2.24, 2.45) is 0 Å². The van der Waals surface area contributed by atoms with E-state index in [0.29, 0.717) is 5.56 Å². The molecule has 0 aliphatic rings. The molecule has 1 nitrogen and oxygen atoms in total. The first-order valence-corrected chi connectivity index (χ1v) is 10.6. The van der Waals surface area contributed by atoms with Gasteiger partial charge in [-0.25, -0.2) is 4.98 Å². The van der Waals surface area contributed by atoms with E-state index in [1.807, 2.05) is 61.5 Å². The van der Waals surface area contributed by atoms with Crippen LogP contribution in [0.2, 0.25) is 0 Å². The van der Waals surface area contributed by atoms with Crippen molar-refractivity contribution in [3.05, 3.63) is 103 Å². The number of aromatic nitrogens is 1. The Morgan fingerprint density at radius 1 is 0.733 bits per heavy atom. The van der Waals surface area contributed by atoms with Gasteiger partial charge in [0, 0.05) is 5.56 Å². The first-order valence-electron chi connectivity index (χ1n) is 12.2. The quantitative estimate of drug-likeness (QED) is 0.264. The Balaban J connectivity index is 1.84. The number of thiazole rings is 1. The Morgan fingerprint density at radius 2 is 1.43 bits per heavy atom. The van der Waals surface area contributed by atoms with Crippen LogP contribution in [-0.2, 0) is 0 Å². The van der Waals surface area contributed by atoms with Crippen molar-refractivity contribution in [1.82, 2.24) is 4.98 Å². The molecule has 0 saturated carbocycles. The van der Waals surface area contributed by atoms with Crippen molar-refractivity contribution in [3.63, 3.8) is 0 Å². The monoisotopic (exact) mass is 406 g/mol. The molecule has 6 rings (SSSR count). The highest BCUT2D eigenvalue weighted by atomic mass is 32.1. The molecule has 0 bridgehead atoms. The van der Waals surface area contributed by atoms with Gasteiger partial charge in [0.25, 0.3) is 0 Å². The molecule has 6 aromatic rings. The smallest absolute Gasteiger partial charge is 0.125 e. The summed E-state index contributed by atoms with van der Waals surface area (Å²) in [6.07, 6.45) is 0. The molecule has 5 aromatic carbocycles. The molecule has 1 heterocycles. The zero-order chi connectivity index (χ0) is 24.4. The van der Waals surface area contributed by atoms with Crippen molar-refractivity contribution < 1.29 is 6.85 Å². The number of para-hydroxylation sites is 1. The summed E-state index contributed by atoms with van der Waals surface area (Å²) in [6.45, 7) is 2.00. The Labute approximate surface area is 186 Å². The number of nitrogens with zero attached hydrogens (tertiary/aromatic N) is 1. The second-order valence-electron chi connectivity index (χ2n) is 7.33. The number of hydrogen-bond donors (Lipinski definition) is 0. The molecular formula is C28H19NS. The maximum absolute atomic E-state index is 8.69. The van der Waals surface area contributed by atoms with E-state index in [9.17, 15) is 0 Å². The van der Waals surface area contributed by atoms with E-state index in [-0.39, 0.29) is 35.8 Å². The van der Waals surface area contributed by atoms with Crippen LogP contribution >= 0.6 is 11.3 Å². The topological polar surface area (TPSA) is 12.9 Å². The maximum Gasteiger partial charge on any atom is 0.125 e. The second-order valence-corrected chi connectivity index (χ2v) is 8.36. The number of benzene rings is 5. The van der Waals surface area contributed by atoms with Crippen LogP contribution in [0.4, 0.5) is 0 Å². The third kappa shape index (κ3) is 2.65. The molecule has 0 N–H and O–H groups in total. The summed E-state index contributed by atoms with van der Waals surface area (Å²) in [4.78, 5) is 4.94. The van der Waals surface area contributed by atoms with Crippen LogP contribution < -0.4 is 0 Å². The second kappa shape index (κ2) is 6.79. The first-order chi connectivity index (χ1) is 16.9. The molecule has 0 unspecified atom stereocenters. The lowest BCUT2D eigenvalue weighted by atomic mass is 9.88. The molecule has 142 valence electrons. The summed E-state index contributed by atoms with van der Waals surface area (Å²) in [5.74, 6) is 0. The number of aryl methyl sites for hydroxylation is 1. The highest BCUT2D eigenvalue weighted by Gasteiger charge is 2.18. The summed E-state index contributed by atoms with van der Waals surface area (Å²) in [6, 6.07) is 20.6. The van der Waals surface area contributed by atoms with Crippen LogP contribution in [0, 0.1) is 6.92 Å². The zero-order valence-electron chi connectivity index (χ0n) is 21.2. The van der Waals surface area contributed by atoms with Crippen molar-refractivity contribution in [2.45, 2.75) is 6.92 Å². The fourth-order valence-corrected chi connectivity index (χ4v) is 5.19. The number of fused-ring (bicyclic) bond motifs is 3. The molecule has 0 aliphatic heterocycles. The molecule has 0 saturated heterocycles. The van der Waals surface area contributed by atoms with Gasteiger partial charge in [0.15, 0.2) is 0 Å². The van der Waals surface area contributed by atoms with Crippen LogP contribution in [0.3, 0.4) is 0 Å². The molecule has 30 heavy (non-hydrogen) atoms. The Morgan fingerprint density at radius 3 is 2.23 bits per heavy atom. The van der Waals surface area contributed by atoms with E-state index in [0.717, 1.165) is 47.9 Å². The van der Waals surface area contributed by atoms with E-state index in [2.05, 4.69) is 12.1 Å². The van der Waals surface area contributed by atoms with Gasteiger partial charge in [-0.3, -0.25) is 0 Å². The van der Waals surface area contributed by atoms with Crippen LogP contribution in [0.1, 0.15) is 12.4 Å². The van der Waals surface area contributed by atoms with E-state index < -0.39 is 0 Å². The van der Waals surface area contributed by atoms with Crippen LogP contribution in [0.5, 0.6) is 0 Å². The van der Waals surface area contributed by atoms with Gasteiger partial charge < -0.3 is 0 Å². The van der Waals surface area contributed by atoms with E-state index >= 15 is 0 Å². The van der Waals surface area contributed by atoms with Crippen LogP contribution in [-0.4, -0.2) is 4.98 Å². The lowest BCUT2D eigenvalue weighted by Gasteiger charge is -2.16. The third-order valence-corrected chi connectivity index (χ3v) is 6.49. The summed E-state index contributed by atoms with van der Waals surface area (Å²) in [5.41, 5.74) is 3.83. The molecule has 0 amide bonds. The minimum Gasteiger partial charge on any atom is -0.236 e. The van der Waals surface area contributed by atoms with E-state index in [4.69, 9.17) is 11.8 Å². The average Bonchev–Trinajstić information content (AvgIpc) is 3.30. The highest BCUT2D eigenvalue weighted by molar-refractivity contribution is 7.21. The fourth-order valence-electron chi connectivity index (χ4n) is 4.15. The van der Waals surface area contributed by atoms with Gasteiger partial charge in [-0.15, -0.1) is 11.3 Å². The third-order valence-electron chi connectivity index (χ3n) is 5.44. The van der Waals surface area contributed by atoms with Gasteiger partial charge in [-0.2, -0.15) is 0 Å². The van der Waals surface area contributed by atoms with Crippen molar-refractivity contribution in [2.75, 3.05) is 0 Å². The molecule has 2 heteroatoms. The van der Waals surface area contributed by atoms with Crippen molar-refractivity contribution in [1.29, 1.82) is 0 Å². The molecule has 0 aliphatic carbocycles. The average molecular weight is 407 g/mol. The lowest BCUT2D eigenvalue weighted by molar-refractivity contribution is 1.48. The molecule has 0 spiro atoms. The highest BCUT2D eigenvalue weighted by Crippen LogP contribution is 2.45. The summed E-state index contributed by atoms with van der Waals surface area (Å²) < 4.78 is 43.1. The summed E-state index contributed by atoms with van der Waals surface area (Å²) in [5, 5.41) is 4.44. The normalized spacial score (nSPS) is 13.8. The molecule has 0 fully saturated rings. The molecule has 1 aromatic heterocycles. The van der Waals surface area contributed by atoms with E-state index in [1.165, 1.54) is 0 Å². The number of rotatable bonds is 2. The maximum atomic E-state index is 8.69. The van der Waals surface area contributed by atoms with Crippen LogP contribution in [0.25, 0.3) is 53.5 Å².